The van der Waals surface area contributed by atoms with Crippen molar-refractivity contribution in [3.63, 3.8) is 0 Å². The Morgan fingerprint density at radius 1 is 0.921 bits per heavy atom. The summed E-state index contributed by atoms with van der Waals surface area (Å²) in [5, 5.41) is 14.4. The highest BCUT2D eigenvalue weighted by atomic mass is 16.5. The zero-order valence-corrected chi connectivity index (χ0v) is 21.2. The number of methoxy groups -OCH3 is 1. The Balaban J connectivity index is 1.47. The number of aryl methyl sites for hydroxylation is 1. The summed E-state index contributed by atoms with van der Waals surface area (Å²) in [5.41, 5.74) is 9.18. The van der Waals surface area contributed by atoms with Crippen LogP contribution in [0.2, 0.25) is 0 Å². The molecule has 0 aliphatic heterocycles. The van der Waals surface area contributed by atoms with Crippen LogP contribution < -0.4 is 21.1 Å². The van der Waals surface area contributed by atoms with E-state index in [1.54, 1.807) is 43.5 Å². The normalized spacial score (nSPS) is 11.0. The molecule has 1 atom stereocenters. The molecule has 0 bridgehead atoms. The van der Waals surface area contributed by atoms with E-state index in [9.17, 15) is 14.4 Å². The van der Waals surface area contributed by atoms with E-state index in [-0.39, 0.29) is 12.5 Å². The third kappa shape index (κ3) is 8.59. The van der Waals surface area contributed by atoms with Gasteiger partial charge in [-0.1, -0.05) is 24.0 Å². The molecule has 2 amide bonds. The summed E-state index contributed by atoms with van der Waals surface area (Å²) in [6, 6.07) is 20.8. The van der Waals surface area contributed by atoms with E-state index >= 15 is 0 Å². The molecule has 0 radical (unpaired) electrons. The Labute approximate surface area is 222 Å². The number of aliphatic hydroxyl groups is 1. The van der Waals surface area contributed by atoms with Crippen LogP contribution in [0.1, 0.15) is 39.9 Å². The molecule has 3 rings (SSSR count). The minimum Gasteiger partial charge on any atom is -0.497 e. The number of ketones is 1. The number of benzene rings is 3. The van der Waals surface area contributed by atoms with E-state index in [0.717, 1.165) is 29.7 Å². The first kappa shape index (κ1) is 28.1. The molecule has 3 aromatic rings. The number of hydrogen-bond donors (Lipinski definition) is 4. The molecule has 8 nitrogen and oxygen atoms in total. The fraction of sp³-hybridized carbons (Fsp3) is 0.233. The van der Waals surface area contributed by atoms with Gasteiger partial charge in [0.15, 0.2) is 5.78 Å². The molecule has 0 aliphatic rings. The van der Waals surface area contributed by atoms with Crippen LogP contribution in [0.15, 0.2) is 72.8 Å². The van der Waals surface area contributed by atoms with Gasteiger partial charge in [-0.15, -0.1) is 0 Å². The van der Waals surface area contributed by atoms with Crippen molar-refractivity contribution in [2.45, 2.75) is 25.3 Å². The molecule has 3 aromatic carbocycles. The first-order valence-electron chi connectivity index (χ1n) is 12.2. The molecular formula is C30H31N3O5. The number of anilines is 1. The first-order chi connectivity index (χ1) is 18.4. The summed E-state index contributed by atoms with van der Waals surface area (Å²) in [6.45, 7) is -0.781. The zero-order valence-electron chi connectivity index (χ0n) is 21.2. The molecule has 0 fully saturated rings. The fourth-order valence-corrected chi connectivity index (χ4v) is 3.58. The maximum Gasteiger partial charge on any atom is 0.251 e. The van der Waals surface area contributed by atoms with E-state index < -0.39 is 24.3 Å². The summed E-state index contributed by atoms with van der Waals surface area (Å²) >= 11 is 0. The largest absolute Gasteiger partial charge is 0.497 e. The van der Waals surface area contributed by atoms with Crippen molar-refractivity contribution >= 4 is 23.3 Å². The molecular weight excluding hydrogens is 482 g/mol. The highest BCUT2D eigenvalue weighted by Gasteiger charge is 2.18. The number of Topliss-reactive ketones (excluding diaryl/α,β-unsaturated/α-hetero) is 1. The zero-order chi connectivity index (χ0) is 27.3. The number of carbonyl (C=O) groups is 3. The lowest BCUT2D eigenvalue weighted by molar-refractivity contribution is -0.123. The van der Waals surface area contributed by atoms with Crippen molar-refractivity contribution in [3.05, 3.63) is 95.1 Å². The Bertz CT molecular complexity index is 1290. The molecule has 0 spiro atoms. The van der Waals surface area contributed by atoms with Crippen molar-refractivity contribution in [1.82, 2.24) is 5.32 Å². The van der Waals surface area contributed by atoms with Crippen molar-refractivity contribution in [1.29, 1.82) is 0 Å². The molecule has 196 valence electrons. The summed E-state index contributed by atoms with van der Waals surface area (Å²) in [4.78, 5) is 36.2. The second kappa shape index (κ2) is 14.3. The number of hydrogen-bond acceptors (Lipinski definition) is 6. The number of nitrogens with one attached hydrogen (secondary N) is 2. The summed E-state index contributed by atoms with van der Waals surface area (Å²) in [6.07, 6.45) is 1.98. The average molecular weight is 514 g/mol. The second-order valence-electron chi connectivity index (χ2n) is 8.54. The number of rotatable bonds is 11. The monoisotopic (exact) mass is 513 g/mol. The van der Waals surface area contributed by atoms with Gasteiger partial charge < -0.3 is 26.2 Å². The Morgan fingerprint density at radius 2 is 1.53 bits per heavy atom. The van der Waals surface area contributed by atoms with Gasteiger partial charge in [0.2, 0.25) is 5.91 Å². The number of aliphatic hydroxyl groups excluding tert-OH is 1. The first-order valence-corrected chi connectivity index (χ1v) is 12.2. The van der Waals surface area contributed by atoms with Crippen molar-refractivity contribution in [2.75, 3.05) is 25.6 Å². The Kier molecular flexibility index (Phi) is 10.6. The smallest absolute Gasteiger partial charge is 0.251 e. The van der Waals surface area contributed by atoms with Crippen LogP contribution in [0, 0.1) is 11.8 Å². The minimum absolute atomic E-state index is 0.0417. The fourth-order valence-electron chi connectivity index (χ4n) is 3.58. The van der Waals surface area contributed by atoms with Crippen molar-refractivity contribution in [2.24, 2.45) is 5.73 Å². The maximum atomic E-state index is 12.3. The topological polar surface area (TPSA) is 131 Å². The summed E-state index contributed by atoms with van der Waals surface area (Å²) < 4.78 is 5.16. The molecule has 0 saturated carbocycles. The maximum absolute atomic E-state index is 12.3. The van der Waals surface area contributed by atoms with Gasteiger partial charge in [0.1, 0.15) is 18.4 Å². The lowest BCUT2D eigenvalue weighted by atomic mass is 10.1. The summed E-state index contributed by atoms with van der Waals surface area (Å²) in [5.74, 6) is 5.86. The van der Waals surface area contributed by atoms with Crippen LogP contribution in [0.25, 0.3) is 0 Å². The minimum atomic E-state index is -0.931. The van der Waals surface area contributed by atoms with E-state index in [0.29, 0.717) is 23.2 Å². The van der Waals surface area contributed by atoms with Gasteiger partial charge in [0, 0.05) is 35.3 Å². The van der Waals surface area contributed by atoms with Crippen LogP contribution in [-0.4, -0.2) is 49.0 Å². The molecule has 5 N–H and O–H groups in total. The van der Waals surface area contributed by atoms with Gasteiger partial charge in [-0.2, -0.15) is 0 Å². The van der Waals surface area contributed by atoms with Crippen LogP contribution in [0.3, 0.4) is 0 Å². The van der Waals surface area contributed by atoms with Crippen molar-refractivity contribution in [3.8, 4) is 17.6 Å². The number of ether oxygens (including phenoxy) is 1. The average Bonchev–Trinajstić information content (AvgIpc) is 2.95. The van der Waals surface area contributed by atoms with Crippen LogP contribution >= 0.6 is 0 Å². The van der Waals surface area contributed by atoms with Gasteiger partial charge in [-0.25, -0.2) is 0 Å². The molecule has 0 aliphatic carbocycles. The lowest BCUT2D eigenvalue weighted by Crippen LogP contribution is -2.46. The van der Waals surface area contributed by atoms with E-state index in [4.69, 9.17) is 15.6 Å². The van der Waals surface area contributed by atoms with Crippen LogP contribution in [-0.2, 0) is 16.0 Å². The highest BCUT2D eigenvalue weighted by Crippen LogP contribution is 2.14. The number of nitrogens with two attached hydrogens (primary N) is 1. The predicted octanol–water partition coefficient (Wildman–Crippen LogP) is 2.67. The van der Waals surface area contributed by atoms with Gasteiger partial charge >= 0.3 is 0 Å². The van der Waals surface area contributed by atoms with Crippen LogP contribution in [0.5, 0.6) is 5.75 Å². The van der Waals surface area contributed by atoms with Crippen LogP contribution in [0.4, 0.5) is 5.69 Å². The van der Waals surface area contributed by atoms with E-state index in [1.807, 2.05) is 36.4 Å². The van der Waals surface area contributed by atoms with Gasteiger partial charge in [-0.3, -0.25) is 14.4 Å². The summed E-state index contributed by atoms with van der Waals surface area (Å²) in [7, 11) is 1.63. The molecule has 0 heterocycles. The third-order valence-electron chi connectivity index (χ3n) is 5.78. The Morgan fingerprint density at radius 3 is 2.08 bits per heavy atom. The van der Waals surface area contributed by atoms with E-state index in [2.05, 4.69) is 22.5 Å². The Hall–Kier alpha value is -4.45. The standard InChI is InChI=1S/C30H31N3O5/c1-38-26-17-11-21(12-18-26)3-2-4-29(36)32-25-15-9-23(10-16-25)6-5-22-7-13-24(14-8-22)30(37)33-27(19-31)28(35)20-34/h7-18,27,34H,2-4,19-20,31H2,1H3,(H,32,36)(H,33,37)/t27-/m0/s1. The quantitative estimate of drug-likeness (QED) is 0.292. The molecule has 38 heavy (non-hydrogen) atoms. The third-order valence-corrected chi connectivity index (χ3v) is 5.78. The molecule has 0 aromatic heterocycles. The second-order valence-corrected chi connectivity index (χ2v) is 8.54. The predicted molar refractivity (Wildman–Crippen MR) is 146 cm³/mol. The molecule has 0 saturated heterocycles. The number of amides is 2. The van der Waals surface area contributed by atoms with Crippen molar-refractivity contribution < 1.29 is 24.2 Å². The van der Waals surface area contributed by atoms with E-state index in [1.165, 1.54) is 0 Å². The van der Waals surface area contributed by atoms with Gasteiger partial charge in [0.05, 0.1) is 7.11 Å². The number of carbonyl (C=O) groups excluding carboxylic acids is 3. The molecule has 0 unspecified atom stereocenters. The van der Waals surface area contributed by atoms with Gasteiger partial charge in [0.25, 0.3) is 5.91 Å². The van der Waals surface area contributed by atoms with Gasteiger partial charge in [-0.05, 0) is 79.1 Å². The lowest BCUT2D eigenvalue weighted by Gasteiger charge is -2.14. The molecule has 8 heteroatoms. The highest BCUT2D eigenvalue weighted by molar-refractivity contribution is 5.98. The SMILES string of the molecule is COc1ccc(CCCC(=O)Nc2ccc(C#Cc3ccc(C(=O)N[C@@H](CN)C(=O)CO)cc3)cc2)cc1.